The highest BCUT2D eigenvalue weighted by atomic mass is 32.2. The maximum atomic E-state index is 6.75. The summed E-state index contributed by atoms with van der Waals surface area (Å²) in [4.78, 5) is 2.69. The van der Waals surface area contributed by atoms with Crippen LogP contribution in [0, 0.1) is 28.6 Å². The summed E-state index contributed by atoms with van der Waals surface area (Å²) in [6.07, 6.45) is 18.5. The molecule has 2 saturated heterocycles. The van der Waals surface area contributed by atoms with E-state index in [1.807, 2.05) is 12.5 Å². The van der Waals surface area contributed by atoms with Crippen molar-refractivity contribution in [3.63, 3.8) is 0 Å². The number of epoxide rings is 1. The molecule has 4 saturated carbocycles. The van der Waals surface area contributed by atoms with Crippen LogP contribution in [0.3, 0.4) is 0 Å². The van der Waals surface area contributed by atoms with Crippen molar-refractivity contribution in [3.8, 4) is 0 Å². The second kappa shape index (κ2) is 7.77. The van der Waals surface area contributed by atoms with Crippen molar-refractivity contribution in [1.29, 1.82) is 0 Å². The Labute approximate surface area is 204 Å². The van der Waals surface area contributed by atoms with Gasteiger partial charge >= 0.3 is 0 Å². The Hall–Kier alpha value is -0.450. The highest BCUT2D eigenvalue weighted by Crippen LogP contribution is 2.78. The molecule has 1 spiro atoms. The van der Waals surface area contributed by atoms with Gasteiger partial charge in [-0.05, 0) is 118 Å². The van der Waals surface area contributed by atoms with E-state index < -0.39 is 0 Å². The molecule has 6 aliphatic rings. The van der Waals surface area contributed by atoms with Crippen LogP contribution in [-0.4, -0.2) is 47.2 Å². The summed E-state index contributed by atoms with van der Waals surface area (Å²) in [6.45, 7) is 9.31. The van der Waals surface area contributed by atoms with Crippen LogP contribution in [0.15, 0.2) is 23.0 Å². The average molecular weight is 470 g/mol. The maximum absolute atomic E-state index is 6.75. The molecule has 9 atom stereocenters. The number of furan rings is 1. The third-order valence-electron chi connectivity index (χ3n) is 11.9. The third-order valence-corrected chi connectivity index (χ3v) is 13.3. The lowest BCUT2D eigenvalue weighted by molar-refractivity contribution is -0.126. The molecule has 33 heavy (non-hydrogen) atoms. The number of rotatable bonds is 5. The van der Waals surface area contributed by atoms with Crippen LogP contribution in [0.1, 0.15) is 89.5 Å². The molecule has 4 unspecified atom stereocenters. The first-order valence-electron chi connectivity index (χ1n) is 14.1. The van der Waals surface area contributed by atoms with Gasteiger partial charge in [0.15, 0.2) is 0 Å². The highest BCUT2D eigenvalue weighted by Gasteiger charge is 2.80. The first-order valence-corrected chi connectivity index (χ1v) is 15.1. The summed E-state index contributed by atoms with van der Waals surface area (Å²) in [6, 6.07) is 2.22. The molecule has 4 heteroatoms. The first-order chi connectivity index (χ1) is 16.0. The zero-order valence-electron chi connectivity index (χ0n) is 20.8. The Balaban J connectivity index is 1.05. The Kier molecular flexibility index (Phi) is 5.14. The van der Waals surface area contributed by atoms with Crippen molar-refractivity contribution in [1.82, 2.24) is 4.90 Å². The van der Waals surface area contributed by atoms with E-state index in [9.17, 15) is 0 Å². The Morgan fingerprint density at radius 1 is 1.03 bits per heavy atom. The zero-order valence-corrected chi connectivity index (χ0v) is 21.6. The quantitative estimate of drug-likeness (QED) is 0.447. The summed E-state index contributed by atoms with van der Waals surface area (Å²) in [5, 5.41) is 0.913. The summed E-state index contributed by atoms with van der Waals surface area (Å²) >= 11 is 2.31. The molecule has 0 aromatic carbocycles. The lowest BCUT2D eigenvalue weighted by Crippen LogP contribution is -2.58. The number of likely N-dealkylation sites (tertiary alicyclic amines) is 1. The lowest BCUT2D eigenvalue weighted by atomic mass is 9.44. The van der Waals surface area contributed by atoms with Crippen molar-refractivity contribution in [2.24, 2.45) is 28.6 Å². The smallest absolute Gasteiger partial charge is 0.104 e. The Bertz CT molecular complexity index is 867. The first kappa shape index (κ1) is 21.8. The van der Waals surface area contributed by atoms with Crippen LogP contribution in [-0.2, 0) is 4.74 Å². The van der Waals surface area contributed by atoms with E-state index in [2.05, 4.69) is 36.6 Å². The molecule has 1 aromatic heterocycles. The van der Waals surface area contributed by atoms with E-state index in [1.54, 1.807) is 0 Å². The van der Waals surface area contributed by atoms with Gasteiger partial charge in [-0.3, -0.25) is 0 Å². The number of nitrogens with zero attached hydrogens (tertiary/aromatic N) is 1. The predicted octanol–water partition coefficient (Wildman–Crippen LogP) is 6.73. The topological polar surface area (TPSA) is 28.9 Å². The molecule has 1 aromatic rings. The fraction of sp³-hybridized carbons (Fsp3) is 0.862. The SMILES string of the molecule is C[C@]12CCC(SCCN3CCCC3)CC1CC[C@@H]1[C@H]2CC[C@]2(C)C(c3ccoc3)CC3O[C@]312. The third kappa shape index (κ3) is 3.08. The minimum atomic E-state index is 0.174. The molecule has 7 rings (SSSR count). The largest absolute Gasteiger partial charge is 0.472 e. The van der Waals surface area contributed by atoms with Crippen LogP contribution < -0.4 is 0 Å². The van der Waals surface area contributed by atoms with Crippen LogP contribution >= 0.6 is 11.8 Å². The average Bonchev–Trinajstić information content (AvgIpc) is 3.23. The molecule has 4 aliphatic carbocycles. The number of hydrogen-bond donors (Lipinski definition) is 0. The van der Waals surface area contributed by atoms with Gasteiger partial charge in [0.1, 0.15) is 5.60 Å². The lowest BCUT2D eigenvalue weighted by Gasteiger charge is -2.61. The number of ether oxygens (including phenoxy) is 1. The van der Waals surface area contributed by atoms with Gasteiger partial charge in [-0.2, -0.15) is 11.8 Å². The van der Waals surface area contributed by atoms with Gasteiger partial charge in [-0.15, -0.1) is 0 Å². The minimum Gasteiger partial charge on any atom is -0.472 e. The maximum Gasteiger partial charge on any atom is 0.104 e. The van der Waals surface area contributed by atoms with Crippen molar-refractivity contribution in [3.05, 3.63) is 24.2 Å². The molecule has 0 amide bonds. The van der Waals surface area contributed by atoms with Gasteiger partial charge in [0.2, 0.25) is 0 Å². The molecular formula is C29H43NO2S. The van der Waals surface area contributed by atoms with Crippen molar-refractivity contribution < 1.29 is 9.15 Å². The van der Waals surface area contributed by atoms with Crippen molar-refractivity contribution in [2.75, 3.05) is 25.4 Å². The predicted molar refractivity (Wildman–Crippen MR) is 135 cm³/mol. The van der Waals surface area contributed by atoms with Crippen molar-refractivity contribution >= 4 is 11.8 Å². The second-order valence-electron chi connectivity index (χ2n) is 13.0. The molecular weight excluding hydrogens is 426 g/mol. The van der Waals surface area contributed by atoms with E-state index >= 15 is 0 Å². The van der Waals surface area contributed by atoms with Gasteiger partial charge in [0, 0.05) is 23.0 Å². The summed E-state index contributed by atoms with van der Waals surface area (Å²) in [5.74, 6) is 4.60. The number of thioether (sulfide) groups is 1. The van der Waals surface area contributed by atoms with E-state index in [-0.39, 0.29) is 5.60 Å². The van der Waals surface area contributed by atoms with Crippen LogP contribution in [0.2, 0.25) is 0 Å². The summed E-state index contributed by atoms with van der Waals surface area (Å²) < 4.78 is 12.3. The molecule has 0 radical (unpaired) electrons. The zero-order chi connectivity index (χ0) is 22.3. The standard InChI is InChI=1S/C29H43NO2S/c1-27-10-7-22(33-16-14-30-12-3-4-13-30)17-21(27)5-6-24-23(27)8-11-28(2)25(20-9-15-31-19-20)18-26-29(24,28)32-26/h9,15,19,21-26H,3-8,10-14,16-18H2,1-2H3/t21?,22?,23-,24-,25?,26?,27+,28-,29+/m1/s1. The van der Waals surface area contributed by atoms with Crippen LogP contribution in [0.4, 0.5) is 0 Å². The number of hydrogen-bond acceptors (Lipinski definition) is 4. The molecule has 182 valence electrons. The van der Waals surface area contributed by atoms with Gasteiger partial charge in [-0.25, -0.2) is 0 Å². The fourth-order valence-corrected chi connectivity index (χ4v) is 11.5. The fourth-order valence-electron chi connectivity index (χ4n) is 10.1. The minimum absolute atomic E-state index is 0.174. The highest BCUT2D eigenvalue weighted by molar-refractivity contribution is 7.99. The van der Waals surface area contributed by atoms with E-state index in [1.165, 1.54) is 95.2 Å². The molecule has 6 fully saturated rings. The monoisotopic (exact) mass is 469 g/mol. The number of fused-ring (bicyclic) bond motifs is 3. The van der Waals surface area contributed by atoms with Crippen molar-refractivity contribution in [2.45, 2.75) is 101 Å². The molecule has 0 bridgehead atoms. The molecule has 0 N–H and O–H groups in total. The van der Waals surface area contributed by atoms with Gasteiger partial charge < -0.3 is 14.1 Å². The normalized spacial score (nSPS) is 51.0. The van der Waals surface area contributed by atoms with Crippen LogP contribution in [0.5, 0.6) is 0 Å². The molecule has 3 heterocycles. The van der Waals surface area contributed by atoms with Crippen LogP contribution in [0.25, 0.3) is 0 Å². The van der Waals surface area contributed by atoms with Gasteiger partial charge in [0.05, 0.1) is 18.6 Å². The van der Waals surface area contributed by atoms with Gasteiger partial charge in [-0.1, -0.05) is 13.8 Å². The Morgan fingerprint density at radius 3 is 2.73 bits per heavy atom. The molecule has 2 aliphatic heterocycles. The summed E-state index contributed by atoms with van der Waals surface area (Å²) in [7, 11) is 0. The van der Waals surface area contributed by atoms with E-state index in [0.29, 0.717) is 22.9 Å². The van der Waals surface area contributed by atoms with E-state index in [4.69, 9.17) is 9.15 Å². The summed E-state index contributed by atoms with van der Waals surface area (Å²) in [5.41, 5.74) is 2.45. The Morgan fingerprint density at radius 2 is 1.91 bits per heavy atom. The molecule has 3 nitrogen and oxygen atoms in total. The van der Waals surface area contributed by atoms with Gasteiger partial charge in [0.25, 0.3) is 0 Å². The second-order valence-corrected chi connectivity index (χ2v) is 14.4. The van der Waals surface area contributed by atoms with E-state index in [0.717, 1.165) is 23.0 Å².